The van der Waals surface area contributed by atoms with Crippen LogP contribution in [0, 0.1) is 0 Å². The molecule has 3 rings (SSSR count). The molecule has 1 aliphatic heterocycles. The fraction of sp³-hybridized carbons (Fsp3) is 0.714. The second-order valence-electron chi connectivity index (χ2n) is 5.75. The van der Waals surface area contributed by atoms with Gasteiger partial charge in [-0.25, -0.2) is 4.98 Å². The zero-order valence-electron chi connectivity index (χ0n) is 12.2. The molecule has 1 atom stereocenters. The lowest BCUT2D eigenvalue weighted by Gasteiger charge is -2.34. The van der Waals surface area contributed by atoms with Crippen LogP contribution in [0.4, 0.5) is 0 Å². The molecule has 0 aromatic carbocycles. The van der Waals surface area contributed by atoms with Gasteiger partial charge in [0.2, 0.25) is 5.82 Å². The molecule has 0 bridgehead atoms. The number of ether oxygens (including phenoxy) is 1. The lowest BCUT2D eigenvalue weighted by atomic mass is 9.99. The largest absolute Gasteiger partial charge is 0.469 e. The van der Waals surface area contributed by atoms with Gasteiger partial charge in [0.25, 0.3) is 5.91 Å². The number of rotatable bonds is 4. The lowest BCUT2D eigenvalue weighted by Crippen LogP contribution is -2.45. The Kier molecular flexibility index (Phi) is 3.90. The molecular formula is C14H20N4O3. The van der Waals surface area contributed by atoms with Crippen LogP contribution in [0.15, 0.2) is 0 Å². The molecule has 114 valence electrons. The van der Waals surface area contributed by atoms with Crippen molar-refractivity contribution in [2.24, 2.45) is 0 Å². The van der Waals surface area contributed by atoms with Gasteiger partial charge in [0, 0.05) is 18.5 Å². The van der Waals surface area contributed by atoms with Crippen LogP contribution in [0.5, 0.6) is 0 Å². The number of methoxy groups -OCH3 is 1. The maximum Gasteiger partial charge on any atom is 0.307 e. The van der Waals surface area contributed by atoms with Gasteiger partial charge < -0.3 is 9.64 Å². The third kappa shape index (κ3) is 3.06. The van der Waals surface area contributed by atoms with Gasteiger partial charge in [-0.3, -0.25) is 14.7 Å². The number of hydrogen-bond donors (Lipinski definition) is 1. The minimum Gasteiger partial charge on any atom is -0.469 e. The van der Waals surface area contributed by atoms with Gasteiger partial charge in [-0.1, -0.05) is 0 Å². The average Bonchev–Trinajstić information content (AvgIpc) is 3.24. The van der Waals surface area contributed by atoms with E-state index < -0.39 is 0 Å². The fourth-order valence-corrected chi connectivity index (χ4v) is 2.79. The maximum atomic E-state index is 12.6. The number of hydrogen-bond acceptors (Lipinski definition) is 5. The number of likely N-dealkylation sites (tertiary alicyclic amines) is 1. The summed E-state index contributed by atoms with van der Waals surface area (Å²) in [4.78, 5) is 30.1. The summed E-state index contributed by atoms with van der Waals surface area (Å²) >= 11 is 0. The highest BCUT2D eigenvalue weighted by molar-refractivity contribution is 5.91. The van der Waals surface area contributed by atoms with Crippen molar-refractivity contribution >= 4 is 11.9 Å². The second-order valence-corrected chi connectivity index (χ2v) is 5.75. The highest BCUT2D eigenvalue weighted by Gasteiger charge is 2.33. The summed E-state index contributed by atoms with van der Waals surface area (Å²) in [5.41, 5.74) is 0. The number of nitrogens with zero attached hydrogens (tertiary/aromatic N) is 3. The SMILES string of the molecule is COC(=O)CC1CCCCN1C(=O)c1n[nH]c(C2CC2)n1. The predicted octanol–water partition coefficient (Wildman–Crippen LogP) is 1.24. The van der Waals surface area contributed by atoms with Crippen LogP contribution < -0.4 is 0 Å². The normalized spacial score (nSPS) is 22.1. The summed E-state index contributed by atoms with van der Waals surface area (Å²) in [6.07, 6.45) is 5.24. The van der Waals surface area contributed by atoms with Crippen LogP contribution in [-0.2, 0) is 9.53 Å². The molecule has 1 unspecified atom stereocenters. The van der Waals surface area contributed by atoms with E-state index in [2.05, 4.69) is 15.2 Å². The molecule has 1 aromatic rings. The third-order valence-electron chi connectivity index (χ3n) is 4.18. The van der Waals surface area contributed by atoms with E-state index in [1.165, 1.54) is 7.11 Å². The highest BCUT2D eigenvalue weighted by Crippen LogP contribution is 2.37. The molecular weight excluding hydrogens is 272 g/mol. The Morgan fingerprint density at radius 2 is 2.14 bits per heavy atom. The molecule has 2 fully saturated rings. The molecule has 7 nitrogen and oxygen atoms in total. The molecule has 1 saturated carbocycles. The minimum absolute atomic E-state index is 0.110. The third-order valence-corrected chi connectivity index (χ3v) is 4.18. The van der Waals surface area contributed by atoms with E-state index in [0.717, 1.165) is 37.9 Å². The Hall–Kier alpha value is -1.92. The Labute approximate surface area is 123 Å². The van der Waals surface area contributed by atoms with E-state index in [1.807, 2.05) is 0 Å². The molecule has 7 heteroatoms. The zero-order valence-corrected chi connectivity index (χ0v) is 12.2. The monoisotopic (exact) mass is 292 g/mol. The Bertz CT molecular complexity index is 538. The van der Waals surface area contributed by atoms with Crippen LogP contribution in [0.3, 0.4) is 0 Å². The molecule has 0 radical (unpaired) electrons. The standard InChI is InChI=1S/C14H20N4O3/c1-21-11(19)8-10-4-2-3-7-18(10)14(20)13-15-12(16-17-13)9-5-6-9/h9-10H,2-8H2,1H3,(H,15,16,17). The van der Waals surface area contributed by atoms with E-state index >= 15 is 0 Å². The lowest BCUT2D eigenvalue weighted by molar-refractivity contribution is -0.142. The van der Waals surface area contributed by atoms with Crippen molar-refractivity contribution in [3.05, 3.63) is 11.6 Å². The molecule has 0 spiro atoms. The maximum absolute atomic E-state index is 12.6. The number of esters is 1. The first kappa shape index (κ1) is 14.0. The summed E-state index contributed by atoms with van der Waals surface area (Å²) in [5, 5.41) is 6.90. The summed E-state index contributed by atoms with van der Waals surface area (Å²) < 4.78 is 4.72. The fourth-order valence-electron chi connectivity index (χ4n) is 2.79. The van der Waals surface area contributed by atoms with Gasteiger partial charge in [0.15, 0.2) is 0 Å². The van der Waals surface area contributed by atoms with Gasteiger partial charge in [-0.2, -0.15) is 0 Å². The smallest absolute Gasteiger partial charge is 0.307 e. The summed E-state index contributed by atoms with van der Waals surface area (Å²) in [7, 11) is 1.37. The number of aromatic nitrogens is 3. The van der Waals surface area contributed by atoms with E-state index in [1.54, 1.807) is 4.90 Å². The van der Waals surface area contributed by atoms with Crippen molar-refractivity contribution in [1.82, 2.24) is 20.1 Å². The molecule has 1 aromatic heterocycles. The van der Waals surface area contributed by atoms with Crippen LogP contribution in [-0.4, -0.2) is 51.7 Å². The Balaban J connectivity index is 1.71. The first-order valence-corrected chi connectivity index (χ1v) is 7.49. The molecule has 1 amide bonds. The van der Waals surface area contributed by atoms with Crippen molar-refractivity contribution < 1.29 is 14.3 Å². The molecule has 1 saturated heterocycles. The molecule has 1 aliphatic carbocycles. The number of amides is 1. The van der Waals surface area contributed by atoms with Crippen molar-refractivity contribution in [1.29, 1.82) is 0 Å². The predicted molar refractivity (Wildman–Crippen MR) is 73.7 cm³/mol. The van der Waals surface area contributed by atoms with Crippen LogP contribution in [0.25, 0.3) is 0 Å². The van der Waals surface area contributed by atoms with Gasteiger partial charge >= 0.3 is 5.97 Å². The number of piperidine rings is 1. The van der Waals surface area contributed by atoms with Crippen LogP contribution >= 0.6 is 0 Å². The molecule has 1 N–H and O–H groups in total. The number of carbonyl (C=O) groups is 2. The van der Waals surface area contributed by atoms with E-state index in [4.69, 9.17) is 4.74 Å². The van der Waals surface area contributed by atoms with Gasteiger partial charge in [0.05, 0.1) is 13.5 Å². The summed E-state index contributed by atoms with van der Waals surface area (Å²) in [5.74, 6) is 0.986. The zero-order chi connectivity index (χ0) is 14.8. The van der Waals surface area contributed by atoms with Crippen molar-refractivity contribution in [3.8, 4) is 0 Å². The van der Waals surface area contributed by atoms with E-state index in [-0.39, 0.29) is 30.2 Å². The average molecular weight is 292 g/mol. The number of aromatic amines is 1. The Morgan fingerprint density at radius 1 is 1.33 bits per heavy atom. The van der Waals surface area contributed by atoms with Crippen molar-refractivity contribution in [2.75, 3.05) is 13.7 Å². The van der Waals surface area contributed by atoms with Crippen LogP contribution in [0.1, 0.15) is 60.9 Å². The van der Waals surface area contributed by atoms with Crippen molar-refractivity contribution in [2.45, 2.75) is 50.5 Å². The van der Waals surface area contributed by atoms with E-state index in [9.17, 15) is 9.59 Å². The molecule has 2 heterocycles. The molecule has 21 heavy (non-hydrogen) atoms. The summed E-state index contributed by atoms with van der Waals surface area (Å²) in [6, 6.07) is -0.110. The summed E-state index contributed by atoms with van der Waals surface area (Å²) in [6.45, 7) is 0.647. The Morgan fingerprint density at radius 3 is 2.86 bits per heavy atom. The van der Waals surface area contributed by atoms with Crippen LogP contribution in [0.2, 0.25) is 0 Å². The van der Waals surface area contributed by atoms with Gasteiger partial charge in [0.1, 0.15) is 5.82 Å². The van der Waals surface area contributed by atoms with Gasteiger partial charge in [-0.15, -0.1) is 5.10 Å². The second kappa shape index (κ2) is 5.83. The number of nitrogens with one attached hydrogen (secondary N) is 1. The topological polar surface area (TPSA) is 88.2 Å². The van der Waals surface area contributed by atoms with Crippen molar-refractivity contribution in [3.63, 3.8) is 0 Å². The van der Waals surface area contributed by atoms with Gasteiger partial charge in [-0.05, 0) is 32.1 Å². The minimum atomic E-state index is -0.284. The highest BCUT2D eigenvalue weighted by atomic mass is 16.5. The number of carbonyl (C=O) groups excluding carboxylic acids is 2. The molecule has 2 aliphatic rings. The van der Waals surface area contributed by atoms with E-state index in [0.29, 0.717) is 12.5 Å². The first-order valence-electron chi connectivity index (χ1n) is 7.49. The quantitative estimate of drug-likeness (QED) is 0.843. The number of H-pyrrole nitrogens is 1. The first-order chi connectivity index (χ1) is 10.2.